The SMILES string of the molecule is CC(C)(C)OC(=O)N1CCC2(CC1)NC(=O)N(COCc1ccccc1)C2=O. The van der Waals surface area contributed by atoms with Gasteiger partial charge in [0, 0.05) is 13.1 Å². The van der Waals surface area contributed by atoms with E-state index in [0.717, 1.165) is 10.5 Å². The third-order valence-corrected chi connectivity index (χ3v) is 4.85. The summed E-state index contributed by atoms with van der Waals surface area (Å²) in [6.45, 7) is 6.34. The summed E-state index contributed by atoms with van der Waals surface area (Å²) in [5.74, 6) is -0.297. The Bertz CT molecular complexity index is 736. The number of likely N-dealkylation sites (tertiary alicyclic amines) is 1. The second-order valence-corrected chi connectivity index (χ2v) is 8.18. The van der Waals surface area contributed by atoms with Crippen LogP contribution in [0, 0.1) is 0 Å². The third-order valence-electron chi connectivity index (χ3n) is 4.85. The molecular formula is C20H27N3O5. The quantitative estimate of drug-likeness (QED) is 0.800. The first-order valence-electron chi connectivity index (χ1n) is 9.44. The third kappa shape index (κ3) is 4.44. The summed E-state index contributed by atoms with van der Waals surface area (Å²) in [5, 5.41) is 2.80. The molecule has 2 heterocycles. The number of piperidine rings is 1. The van der Waals surface area contributed by atoms with Gasteiger partial charge < -0.3 is 19.7 Å². The zero-order valence-electron chi connectivity index (χ0n) is 16.6. The molecule has 2 saturated heterocycles. The molecule has 4 amide bonds. The molecule has 0 aliphatic carbocycles. The predicted octanol–water partition coefficient (Wildman–Crippen LogP) is 2.48. The Morgan fingerprint density at radius 1 is 1.14 bits per heavy atom. The summed E-state index contributed by atoms with van der Waals surface area (Å²) in [7, 11) is 0. The molecule has 2 aliphatic heterocycles. The molecule has 0 radical (unpaired) electrons. The van der Waals surface area contributed by atoms with E-state index in [0.29, 0.717) is 32.5 Å². The van der Waals surface area contributed by atoms with Crippen molar-refractivity contribution in [2.24, 2.45) is 0 Å². The molecule has 0 bridgehead atoms. The van der Waals surface area contributed by atoms with Crippen molar-refractivity contribution in [1.82, 2.24) is 15.1 Å². The predicted molar refractivity (Wildman–Crippen MR) is 101 cm³/mol. The van der Waals surface area contributed by atoms with Gasteiger partial charge in [-0.2, -0.15) is 0 Å². The van der Waals surface area contributed by atoms with Crippen LogP contribution in [0.2, 0.25) is 0 Å². The normalized spacial score (nSPS) is 19.1. The minimum atomic E-state index is -0.967. The lowest BCUT2D eigenvalue weighted by Gasteiger charge is -2.37. The zero-order chi connectivity index (χ0) is 20.4. The van der Waals surface area contributed by atoms with Crippen molar-refractivity contribution in [2.75, 3.05) is 19.8 Å². The summed E-state index contributed by atoms with van der Waals surface area (Å²) >= 11 is 0. The molecule has 8 heteroatoms. The van der Waals surface area contributed by atoms with Gasteiger partial charge in [-0.25, -0.2) is 14.5 Å². The number of carbonyl (C=O) groups excluding carboxylic acids is 3. The van der Waals surface area contributed by atoms with E-state index in [-0.39, 0.29) is 12.6 Å². The van der Waals surface area contributed by atoms with E-state index in [4.69, 9.17) is 9.47 Å². The van der Waals surface area contributed by atoms with Crippen molar-refractivity contribution in [3.8, 4) is 0 Å². The van der Waals surface area contributed by atoms with E-state index >= 15 is 0 Å². The Morgan fingerprint density at radius 3 is 2.39 bits per heavy atom. The highest BCUT2D eigenvalue weighted by atomic mass is 16.6. The van der Waals surface area contributed by atoms with Crippen LogP contribution in [-0.2, 0) is 20.9 Å². The Kier molecular flexibility index (Phi) is 5.60. The van der Waals surface area contributed by atoms with E-state index in [1.807, 2.05) is 51.1 Å². The van der Waals surface area contributed by atoms with Gasteiger partial charge in [-0.1, -0.05) is 30.3 Å². The van der Waals surface area contributed by atoms with Gasteiger partial charge in [0.25, 0.3) is 5.91 Å². The van der Waals surface area contributed by atoms with Crippen LogP contribution >= 0.6 is 0 Å². The Morgan fingerprint density at radius 2 is 1.79 bits per heavy atom. The maximum atomic E-state index is 12.9. The monoisotopic (exact) mass is 389 g/mol. The number of hydrogen-bond acceptors (Lipinski definition) is 5. The van der Waals surface area contributed by atoms with E-state index < -0.39 is 23.3 Å². The number of nitrogens with one attached hydrogen (secondary N) is 1. The van der Waals surface area contributed by atoms with Crippen LogP contribution in [0.25, 0.3) is 0 Å². The van der Waals surface area contributed by atoms with Crippen LogP contribution in [0.3, 0.4) is 0 Å². The number of urea groups is 1. The number of amides is 4. The first-order valence-corrected chi connectivity index (χ1v) is 9.44. The molecule has 1 aromatic carbocycles. The first-order chi connectivity index (χ1) is 13.2. The minimum Gasteiger partial charge on any atom is -0.444 e. The Balaban J connectivity index is 1.54. The number of imide groups is 1. The van der Waals surface area contributed by atoms with Crippen molar-refractivity contribution >= 4 is 18.0 Å². The summed E-state index contributed by atoms with van der Waals surface area (Å²) in [6.07, 6.45) is 0.306. The van der Waals surface area contributed by atoms with Crippen LogP contribution in [0.15, 0.2) is 30.3 Å². The highest BCUT2D eigenvalue weighted by Gasteiger charge is 2.53. The Labute approximate surface area is 164 Å². The summed E-state index contributed by atoms with van der Waals surface area (Å²) in [6, 6.07) is 9.09. The molecule has 1 aromatic rings. The maximum Gasteiger partial charge on any atom is 0.410 e. The van der Waals surface area contributed by atoms with Gasteiger partial charge in [0.15, 0.2) is 0 Å². The maximum absolute atomic E-state index is 12.9. The van der Waals surface area contributed by atoms with Crippen LogP contribution in [0.5, 0.6) is 0 Å². The molecule has 28 heavy (non-hydrogen) atoms. The van der Waals surface area contributed by atoms with Crippen LogP contribution in [0.4, 0.5) is 9.59 Å². The number of carbonyl (C=O) groups is 3. The number of ether oxygens (including phenoxy) is 2. The second-order valence-electron chi connectivity index (χ2n) is 8.18. The van der Waals surface area contributed by atoms with Gasteiger partial charge in [-0.15, -0.1) is 0 Å². The van der Waals surface area contributed by atoms with E-state index in [9.17, 15) is 14.4 Å². The average molecular weight is 389 g/mol. The molecular weight excluding hydrogens is 362 g/mol. The lowest BCUT2D eigenvalue weighted by molar-refractivity contribution is -0.137. The van der Waals surface area contributed by atoms with Gasteiger partial charge >= 0.3 is 12.1 Å². The highest BCUT2D eigenvalue weighted by molar-refractivity contribution is 6.07. The van der Waals surface area contributed by atoms with Gasteiger partial charge in [-0.3, -0.25) is 4.79 Å². The fourth-order valence-electron chi connectivity index (χ4n) is 3.36. The summed E-state index contributed by atoms with van der Waals surface area (Å²) in [4.78, 5) is 40.1. The highest BCUT2D eigenvalue weighted by Crippen LogP contribution is 2.30. The molecule has 0 unspecified atom stereocenters. The van der Waals surface area contributed by atoms with E-state index in [1.165, 1.54) is 0 Å². The fraction of sp³-hybridized carbons (Fsp3) is 0.550. The summed E-state index contributed by atoms with van der Waals surface area (Å²) in [5.41, 5.74) is -0.572. The summed E-state index contributed by atoms with van der Waals surface area (Å²) < 4.78 is 10.9. The topological polar surface area (TPSA) is 88.2 Å². The van der Waals surface area contributed by atoms with Crippen molar-refractivity contribution in [3.05, 3.63) is 35.9 Å². The number of benzene rings is 1. The molecule has 0 saturated carbocycles. The standard InChI is InChI=1S/C20H27N3O5/c1-19(2,3)28-18(26)22-11-9-20(10-12-22)16(24)23(17(25)21-20)14-27-13-15-7-5-4-6-8-15/h4-8H,9-14H2,1-3H3,(H,21,25). The van der Waals surface area contributed by atoms with E-state index in [1.54, 1.807) is 4.90 Å². The lowest BCUT2D eigenvalue weighted by atomic mass is 9.87. The Hall–Kier alpha value is -2.61. The molecule has 8 nitrogen and oxygen atoms in total. The van der Waals surface area contributed by atoms with Crippen LogP contribution < -0.4 is 5.32 Å². The zero-order valence-corrected chi connectivity index (χ0v) is 16.6. The van der Waals surface area contributed by atoms with Crippen molar-refractivity contribution < 1.29 is 23.9 Å². The number of hydrogen-bond donors (Lipinski definition) is 1. The first kappa shape index (κ1) is 20.1. The molecule has 1 N–H and O–H groups in total. The minimum absolute atomic E-state index is 0.100. The largest absolute Gasteiger partial charge is 0.444 e. The van der Waals surface area contributed by atoms with Gasteiger partial charge in [0.2, 0.25) is 0 Å². The second kappa shape index (κ2) is 7.79. The smallest absolute Gasteiger partial charge is 0.410 e. The number of rotatable bonds is 4. The van der Waals surface area contributed by atoms with Crippen LogP contribution in [-0.4, -0.2) is 58.8 Å². The van der Waals surface area contributed by atoms with Gasteiger partial charge in [0.05, 0.1) is 6.61 Å². The fourth-order valence-corrected chi connectivity index (χ4v) is 3.36. The number of nitrogens with zero attached hydrogens (tertiary/aromatic N) is 2. The van der Waals surface area contributed by atoms with Crippen molar-refractivity contribution in [3.63, 3.8) is 0 Å². The molecule has 1 spiro atoms. The van der Waals surface area contributed by atoms with Crippen molar-refractivity contribution in [2.45, 2.75) is 51.4 Å². The molecule has 0 atom stereocenters. The molecule has 2 fully saturated rings. The van der Waals surface area contributed by atoms with Gasteiger partial charge in [0.1, 0.15) is 17.9 Å². The average Bonchev–Trinajstić information content (AvgIpc) is 2.86. The molecule has 0 aromatic heterocycles. The lowest BCUT2D eigenvalue weighted by Crippen LogP contribution is -2.56. The molecule has 2 aliphatic rings. The van der Waals surface area contributed by atoms with Crippen molar-refractivity contribution in [1.29, 1.82) is 0 Å². The molecule has 3 rings (SSSR count). The van der Waals surface area contributed by atoms with E-state index in [2.05, 4.69) is 5.32 Å². The molecule has 152 valence electrons. The van der Waals surface area contributed by atoms with Gasteiger partial charge in [-0.05, 0) is 39.2 Å². The van der Waals surface area contributed by atoms with Crippen LogP contribution in [0.1, 0.15) is 39.2 Å².